The molecule has 0 saturated heterocycles. The van der Waals surface area contributed by atoms with Crippen LogP contribution in [-0.2, 0) is 4.79 Å². The summed E-state index contributed by atoms with van der Waals surface area (Å²) in [7, 11) is 0. The standard InChI is InChI=1S/C14H12ClNO4/c15-10-5-3-9(4-6-10)11(8-13(17)18)16-14(19)12-2-1-7-20-12/h1-7,11H,8H2,(H,16,19)(H,17,18)/t11-/m1/s1. The molecule has 0 fully saturated rings. The van der Waals surface area contributed by atoms with Gasteiger partial charge in [0, 0.05) is 5.02 Å². The van der Waals surface area contributed by atoms with E-state index in [1.54, 1.807) is 30.3 Å². The minimum absolute atomic E-state index is 0.134. The van der Waals surface area contributed by atoms with Gasteiger partial charge in [0.25, 0.3) is 5.91 Å². The highest BCUT2D eigenvalue weighted by Crippen LogP contribution is 2.20. The molecule has 0 radical (unpaired) electrons. The summed E-state index contributed by atoms with van der Waals surface area (Å²) in [5.74, 6) is -1.34. The summed E-state index contributed by atoms with van der Waals surface area (Å²) in [6.07, 6.45) is 1.15. The molecule has 1 amide bonds. The number of amides is 1. The minimum atomic E-state index is -1.01. The first-order valence-corrected chi connectivity index (χ1v) is 6.25. The Morgan fingerprint density at radius 2 is 1.95 bits per heavy atom. The van der Waals surface area contributed by atoms with E-state index in [0.717, 1.165) is 0 Å². The van der Waals surface area contributed by atoms with E-state index in [9.17, 15) is 9.59 Å². The number of nitrogens with one attached hydrogen (secondary N) is 1. The first-order valence-electron chi connectivity index (χ1n) is 5.88. The second-order valence-electron chi connectivity index (χ2n) is 4.15. The maximum Gasteiger partial charge on any atom is 0.305 e. The molecule has 1 aromatic heterocycles. The molecular weight excluding hydrogens is 282 g/mol. The molecule has 2 N–H and O–H groups in total. The monoisotopic (exact) mass is 293 g/mol. The van der Waals surface area contributed by atoms with Crippen molar-refractivity contribution in [1.29, 1.82) is 0 Å². The number of hydrogen-bond donors (Lipinski definition) is 2. The average molecular weight is 294 g/mol. The lowest BCUT2D eigenvalue weighted by molar-refractivity contribution is -0.137. The van der Waals surface area contributed by atoms with Crippen LogP contribution in [0.15, 0.2) is 47.1 Å². The van der Waals surface area contributed by atoms with Crippen LogP contribution in [-0.4, -0.2) is 17.0 Å². The molecule has 0 aliphatic heterocycles. The second kappa shape index (κ2) is 6.25. The summed E-state index contributed by atoms with van der Waals surface area (Å²) in [5.41, 5.74) is 0.664. The summed E-state index contributed by atoms with van der Waals surface area (Å²) in [4.78, 5) is 22.8. The van der Waals surface area contributed by atoms with Crippen LogP contribution in [0.3, 0.4) is 0 Å². The number of aliphatic carboxylic acids is 1. The second-order valence-corrected chi connectivity index (χ2v) is 4.59. The van der Waals surface area contributed by atoms with E-state index in [4.69, 9.17) is 21.1 Å². The Hall–Kier alpha value is -2.27. The van der Waals surface area contributed by atoms with E-state index >= 15 is 0 Å². The lowest BCUT2D eigenvalue weighted by Crippen LogP contribution is -2.29. The third kappa shape index (κ3) is 3.61. The van der Waals surface area contributed by atoms with Gasteiger partial charge in [-0.3, -0.25) is 9.59 Å². The Kier molecular flexibility index (Phi) is 4.42. The predicted molar refractivity (Wildman–Crippen MR) is 72.6 cm³/mol. The number of carboxylic acid groups (broad SMARTS) is 1. The molecule has 1 heterocycles. The zero-order chi connectivity index (χ0) is 14.5. The molecule has 1 atom stereocenters. The van der Waals surface area contributed by atoms with Crippen molar-refractivity contribution in [3.63, 3.8) is 0 Å². The van der Waals surface area contributed by atoms with Crippen molar-refractivity contribution >= 4 is 23.5 Å². The van der Waals surface area contributed by atoms with Crippen LogP contribution in [0.4, 0.5) is 0 Å². The van der Waals surface area contributed by atoms with E-state index in [0.29, 0.717) is 10.6 Å². The van der Waals surface area contributed by atoms with Crippen molar-refractivity contribution in [2.75, 3.05) is 0 Å². The van der Waals surface area contributed by atoms with Gasteiger partial charge in [0.1, 0.15) is 0 Å². The maximum atomic E-state index is 11.9. The zero-order valence-electron chi connectivity index (χ0n) is 10.4. The predicted octanol–water partition coefficient (Wildman–Crippen LogP) is 2.88. The fraction of sp³-hybridized carbons (Fsp3) is 0.143. The molecule has 5 nitrogen and oxygen atoms in total. The smallest absolute Gasteiger partial charge is 0.305 e. The molecule has 0 spiro atoms. The van der Waals surface area contributed by atoms with Gasteiger partial charge in [-0.25, -0.2) is 0 Å². The SMILES string of the molecule is O=C(O)C[C@@H](NC(=O)c1ccco1)c1ccc(Cl)cc1. The molecule has 0 unspecified atom stereocenters. The molecule has 6 heteroatoms. The summed E-state index contributed by atoms with van der Waals surface area (Å²) >= 11 is 5.79. The normalized spacial score (nSPS) is 11.8. The van der Waals surface area contributed by atoms with Crippen LogP contribution in [0.25, 0.3) is 0 Å². The summed E-state index contributed by atoms with van der Waals surface area (Å²) in [6, 6.07) is 9.09. The van der Waals surface area contributed by atoms with Gasteiger partial charge in [0.15, 0.2) is 5.76 Å². The summed E-state index contributed by atoms with van der Waals surface area (Å²) < 4.78 is 4.98. The fourth-order valence-corrected chi connectivity index (χ4v) is 1.89. The molecule has 0 aliphatic rings. The van der Waals surface area contributed by atoms with Crippen LogP contribution < -0.4 is 5.32 Å². The Bertz CT molecular complexity index is 592. The van der Waals surface area contributed by atoms with Crippen molar-refractivity contribution in [1.82, 2.24) is 5.32 Å². The average Bonchev–Trinajstić information content (AvgIpc) is 2.92. The zero-order valence-corrected chi connectivity index (χ0v) is 11.1. The van der Waals surface area contributed by atoms with Gasteiger partial charge in [-0.2, -0.15) is 0 Å². The number of carboxylic acids is 1. The highest BCUT2D eigenvalue weighted by Gasteiger charge is 2.20. The number of rotatable bonds is 5. The van der Waals surface area contributed by atoms with E-state index in [1.807, 2.05) is 0 Å². The molecule has 0 bridgehead atoms. The highest BCUT2D eigenvalue weighted by atomic mass is 35.5. The fourth-order valence-electron chi connectivity index (χ4n) is 1.76. The van der Waals surface area contributed by atoms with Gasteiger partial charge in [-0.05, 0) is 29.8 Å². The van der Waals surface area contributed by atoms with Crippen LogP contribution in [0, 0.1) is 0 Å². The van der Waals surface area contributed by atoms with Crippen LogP contribution in [0.2, 0.25) is 5.02 Å². The largest absolute Gasteiger partial charge is 0.481 e. The van der Waals surface area contributed by atoms with Crippen molar-refractivity contribution < 1.29 is 19.1 Å². The lowest BCUT2D eigenvalue weighted by atomic mass is 10.0. The van der Waals surface area contributed by atoms with Crippen molar-refractivity contribution in [2.24, 2.45) is 0 Å². The van der Waals surface area contributed by atoms with E-state index in [1.165, 1.54) is 12.3 Å². The molecule has 104 valence electrons. The van der Waals surface area contributed by atoms with E-state index in [-0.39, 0.29) is 12.2 Å². The molecule has 20 heavy (non-hydrogen) atoms. The van der Waals surface area contributed by atoms with Crippen LogP contribution in [0.1, 0.15) is 28.6 Å². The quantitative estimate of drug-likeness (QED) is 0.888. The van der Waals surface area contributed by atoms with Crippen molar-refractivity contribution in [2.45, 2.75) is 12.5 Å². The molecule has 0 saturated carbocycles. The Balaban J connectivity index is 2.17. The first kappa shape index (κ1) is 14.1. The number of benzene rings is 1. The van der Waals surface area contributed by atoms with Gasteiger partial charge < -0.3 is 14.8 Å². The Morgan fingerprint density at radius 1 is 1.25 bits per heavy atom. The number of furan rings is 1. The topological polar surface area (TPSA) is 79.5 Å². The Labute approximate surface area is 120 Å². The molecular formula is C14H12ClNO4. The van der Waals surface area contributed by atoms with Gasteiger partial charge in [0.2, 0.25) is 0 Å². The van der Waals surface area contributed by atoms with E-state index < -0.39 is 17.9 Å². The third-order valence-corrected chi connectivity index (χ3v) is 2.95. The molecule has 1 aromatic carbocycles. The van der Waals surface area contributed by atoms with Gasteiger partial charge in [-0.1, -0.05) is 23.7 Å². The van der Waals surface area contributed by atoms with Crippen LogP contribution in [0.5, 0.6) is 0 Å². The highest BCUT2D eigenvalue weighted by molar-refractivity contribution is 6.30. The maximum absolute atomic E-state index is 11.9. The van der Waals surface area contributed by atoms with Gasteiger partial charge in [0.05, 0.1) is 18.7 Å². The Morgan fingerprint density at radius 3 is 2.50 bits per heavy atom. The van der Waals surface area contributed by atoms with Crippen molar-refractivity contribution in [3.8, 4) is 0 Å². The van der Waals surface area contributed by atoms with Gasteiger partial charge >= 0.3 is 5.97 Å². The molecule has 2 rings (SSSR count). The number of carbonyl (C=O) groups excluding carboxylic acids is 1. The van der Waals surface area contributed by atoms with Crippen LogP contribution >= 0.6 is 11.6 Å². The molecule has 2 aromatic rings. The number of halogens is 1. The summed E-state index contributed by atoms with van der Waals surface area (Å²) in [5, 5.41) is 12.1. The number of hydrogen-bond acceptors (Lipinski definition) is 3. The summed E-state index contributed by atoms with van der Waals surface area (Å²) in [6.45, 7) is 0. The van der Waals surface area contributed by atoms with Crippen molar-refractivity contribution in [3.05, 3.63) is 59.0 Å². The lowest BCUT2D eigenvalue weighted by Gasteiger charge is -2.16. The number of carbonyl (C=O) groups is 2. The van der Waals surface area contributed by atoms with Gasteiger partial charge in [-0.15, -0.1) is 0 Å². The molecule has 0 aliphatic carbocycles. The third-order valence-electron chi connectivity index (χ3n) is 2.70. The first-order chi connectivity index (χ1) is 9.56. The van der Waals surface area contributed by atoms with E-state index in [2.05, 4.69) is 5.32 Å². The minimum Gasteiger partial charge on any atom is -0.481 e.